The minimum absolute atomic E-state index is 0.161. The van der Waals surface area contributed by atoms with Gasteiger partial charge in [0.25, 0.3) is 0 Å². The number of aromatic nitrogens is 4. The molecule has 0 saturated heterocycles. The lowest BCUT2D eigenvalue weighted by Crippen LogP contribution is -2.04. The van der Waals surface area contributed by atoms with E-state index >= 15 is 0 Å². The van der Waals surface area contributed by atoms with Crippen LogP contribution in [0.15, 0.2) is 67.3 Å². The van der Waals surface area contributed by atoms with Crippen molar-refractivity contribution in [3.63, 3.8) is 0 Å². The summed E-state index contributed by atoms with van der Waals surface area (Å²) in [5, 5.41) is 3.20. The number of nitrogens with one attached hydrogen (secondary N) is 1. The number of hydrogen-bond donors (Lipinski definition) is 1. The molecule has 1 N–H and O–H groups in total. The predicted molar refractivity (Wildman–Crippen MR) is 116 cm³/mol. The summed E-state index contributed by atoms with van der Waals surface area (Å²) in [6.45, 7) is 1.84. The molecule has 1 aliphatic carbocycles. The van der Waals surface area contributed by atoms with Crippen molar-refractivity contribution >= 4 is 11.6 Å². The van der Waals surface area contributed by atoms with E-state index in [1.165, 1.54) is 6.07 Å². The Labute approximate surface area is 179 Å². The molecule has 7 heteroatoms. The van der Waals surface area contributed by atoms with Crippen LogP contribution in [0.25, 0.3) is 11.1 Å². The minimum atomic E-state index is -0.168. The van der Waals surface area contributed by atoms with Crippen LogP contribution < -0.4 is 10.1 Å². The number of anilines is 2. The SMILES string of the molecule is Cc1nccc(Nc2cc(-c3cncc(OC4CCc5c(F)cccc54)c3)ccn2)n1. The van der Waals surface area contributed by atoms with Gasteiger partial charge in [-0.15, -0.1) is 0 Å². The van der Waals surface area contributed by atoms with Gasteiger partial charge in [0.2, 0.25) is 0 Å². The van der Waals surface area contributed by atoms with Crippen LogP contribution >= 0.6 is 0 Å². The number of hydrogen-bond acceptors (Lipinski definition) is 6. The van der Waals surface area contributed by atoms with E-state index in [4.69, 9.17) is 4.74 Å². The molecule has 1 aliphatic rings. The van der Waals surface area contributed by atoms with Crippen molar-refractivity contribution in [2.45, 2.75) is 25.9 Å². The number of halogens is 1. The van der Waals surface area contributed by atoms with Crippen molar-refractivity contribution in [1.82, 2.24) is 19.9 Å². The van der Waals surface area contributed by atoms with Gasteiger partial charge < -0.3 is 10.1 Å². The van der Waals surface area contributed by atoms with Gasteiger partial charge in [-0.1, -0.05) is 12.1 Å². The number of aryl methyl sites for hydroxylation is 1. The fraction of sp³-hybridized carbons (Fsp3) is 0.167. The highest BCUT2D eigenvalue weighted by Gasteiger charge is 2.26. The highest BCUT2D eigenvalue weighted by molar-refractivity contribution is 5.68. The summed E-state index contributed by atoms with van der Waals surface area (Å²) < 4.78 is 20.2. The Morgan fingerprint density at radius 2 is 1.90 bits per heavy atom. The van der Waals surface area contributed by atoms with Crippen LogP contribution in [-0.2, 0) is 6.42 Å². The van der Waals surface area contributed by atoms with Crippen LogP contribution in [0.4, 0.5) is 16.0 Å². The summed E-state index contributed by atoms with van der Waals surface area (Å²) in [4.78, 5) is 17.2. The van der Waals surface area contributed by atoms with E-state index in [-0.39, 0.29) is 11.9 Å². The van der Waals surface area contributed by atoms with E-state index in [2.05, 4.69) is 25.3 Å². The zero-order valence-electron chi connectivity index (χ0n) is 16.9. The first-order chi connectivity index (χ1) is 15.2. The summed E-state index contributed by atoms with van der Waals surface area (Å²) in [5.41, 5.74) is 3.51. The van der Waals surface area contributed by atoms with Crippen LogP contribution in [0.5, 0.6) is 5.75 Å². The normalized spacial score (nSPS) is 14.8. The first-order valence-electron chi connectivity index (χ1n) is 10.1. The molecule has 31 heavy (non-hydrogen) atoms. The largest absolute Gasteiger partial charge is 0.484 e. The predicted octanol–water partition coefficient (Wildman–Crippen LogP) is 5.19. The second-order valence-corrected chi connectivity index (χ2v) is 7.41. The second kappa shape index (κ2) is 8.10. The van der Waals surface area contributed by atoms with Gasteiger partial charge in [-0.2, -0.15) is 0 Å². The van der Waals surface area contributed by atoms with Crippen molar-refractivity contribution in [3.8, 4) is 16.9 Å². The van der Waals surface area contributed by atoms with Gasteiger partial charge in [0, 0.05) is 24.2 Å². The molecule has 3 heterocycles. The molecular weight excluding hydrogens is 393 g/mol. The molecule has 1 aromatic carbocycles. The van der Waals surface area contributed by atoms with Crippen LogP contribution in [-0.4, -0.2) is 19.9 Å². The molecule has 3 aromatic heterocycles. The third-order valence-corrected chi connectivity index (χ3v) is 5.28. The molecule has 0 radical (unpaired) electrons. The quantitative estimate of drug-likeness (QED) is 0.485. The van der Waals surface area contributed by atoms with Crippen LogP contribution in [0.1, 0.15) is 29.5 Å². The average Bonchev–Trinajstić information content (AvgIpc) is 3.18. The number of pyridine rings is 2. The summed E-state index contributed by atoms with van der Waals surface area (Å²) >= 11 is 0. The maximum Gasteiger partial charge on any atom is 0.139 e. The van der Waals surface area contributed by atoms with Crippen molar-refractivity contribution in [2.24, 2.45) is 0 Å². The maximum absolute atomic E-state index is 14.0. The summed E-state index contributed by atoms with van der Waals surface area (Å²) in [7, 11) is 0. The molecule has 4 aromatic rings. The Kier molecular flexibility index (Phi) is 5.00. The van der Waals surface area contributed by atoms with E-state index in [0.717, 1.165) is 28.7 Å². The van der Waals surface area contributed by atoms with E-state index in [1.807, 2.05) is 31.2 Å². The Balaban J connectivity index is 1.37. The van der Waals surface area contributed by atoms with E-state index in [1.54, 1.807) is 36.9 Å². The molecule has 0 bridgehead atoms. The minimum Gasteiger partial charge on any atom is -0.484 e. The van der Waals surface area contributed by atoms with Crippen molar-refractivity contribution in [2.75, 3.05) is 5.32 Å². The van der Waals surface area contributed by atoms with Gasteiger partial charge in [-0.25, -0.2) is 19.3 Å². The van der Waals surface area contributed by atoms with Gasteiger partial charge in [0.1, 0.15) is 35.1 Å². The van der Waals surface area contributed by atoms with E-state index in [9.17, 15) is 4.39 Å². The zero-order chi connectivity index (χ0) is 21.2. The summed E-state index contributed by atoms with van der Waals surface area (Å²) in [5.74, 6) is 2.52. The molecule has 1 atom stereocenters. The molecule has 5 rings (SSSR count). The van der Waals surface area contributed by atoms with Crippen LogP contribution in [0.3, 0.4) is 0 Å². The summed E-state index contributed by atoms with van der Waals surface area (Å²) in [6, 6.07) is 12.7. The van der Waals surface area contributed by atoms with Gasteiger partial charge in [-0.05, 0) is 66.8 Å². The second-order valence-electron chi connectivity index (χ2n) is 7.41. The molecule has 6 nitrogen and oxygen atoms in total. The topological polar surface area (TPSA) is 72.8 Å². The molecule has 154 valence electrons. The zero-order valence-corrected chi connectivity index (χ0v) is 16.9. The van der Waals surface area contributed by atoms with Gasteiger partial charge in [0.15, 0.2) is 0 Å². The molecular formula is C24H20FN5O. The van der Waals surface area contributed by atoms with Gasteiger partial charge in [0.05, 0.1) is 6.20 Å². The molecule has 0 spiro atoms. The number of ether oxygens (including phenoxy) is 1. The number of benzene rings is 1. The van der Waals surface area contributed by atoms with Gasteiger partial charge in [-0.3, -0.25) is 4.98 Å². The lowest BCUT2D eigenvalue weighted by Gasteiger charge is -2.15. The van der Waals surface area contributed by atoms with E-state index < -0.39 is 0 Å². The smallest absolute Gasteiger partial charge is 0.139 e. The molecule has 0 fully saturated rings. The third-order valence-electron chi connectivity index (χ3n) is 5.28. The first-order valence-corrected chi connectivity index (χ1v) is 10.1. The number of nitrogens with zero attached hydrogens (tertiary/aromatic N) is 4. The fourth-order valence-corrected chi connectivity index (χ4v) is 3.83. The van der Waals surface area contributed by atoms with Crippen LogP contribution in [0, 0.1) is 12.7 Å². The highest BCUT2D eigenvalue weighted by atomic mass is 19.1. The average molecular weight is 413 g/mol. The molecule has 0 saturated carbocycles. The number of fused-ring (bicyclic) bond motifs is 1. The third kappa shape index (κ3) is 4.07. The van der Waals surface area contributed by atoms with Gasteiger partial charge >= 0.3 is 0 Å². The first kappa shape index (κ1) is 19.1. The maximum atomic E-state index is 14.0. The molecule has 1 unspecified atom stereocenters. The number of rotatable bonds is 5. The Morgan fingerprint density at radius 1 is 1.00 bits per heavy atom. The van der Waals surface area contributed by atoms with Crippen molar-refractivity contribution in [1.29, 1.82) is 0 Å². The lowest BCUT2D eigenvalue weighted by atomic mass is 10.1. The Morgan fingerprint density at radius 3 is 2.81 bits per heavy atom. The van der Waals surface area contributed by atoms with Crippen molar-refractivity contribution in [3.05, 3.63) is 90.0 Å². The summed E-state index contributed by atoms with van der Waals surface area (Å²) in [6.07, 6.45) is 8.16. The van der Waals surface area contributed by atoms with Crippen molar-refractivity contribution < 1.29 is 9.13 Å². The molecule has 0 amide bonds. The lowest BCUT2D eigenvalue weighted by molar-refractivity contribution is 0.207. The highest BCUT2D eigenvalue weighted by Crippen LogP contribution is 2.36. The standard InChI is InChI=1S/C24H20FN5O/c1-15-27-10-8-23(29-15)30-24-12-16(7-9-28-24)17-11-18(14-26-13-17)31-22-6-5-19-20(22)3-2-4-21(19)25/h2-4,7-14,22H,5-6H2,1H3,(H,27,28,29,30). The Hall–Kier alpha value is -3.87. The van der Waals surface area contributed by atoms with Crippen LogP contribution in [0.2, 0.25) is 0 Å². The Bertz CT molecular complexity index is 1250. The van der Waals surface area contributed by atoms with E-state index in [0.29, 0.717) is 29.6 Å². The monoisotopic (exact) mass is 413 g/mol. The fourth-order valence-electron chi connectivity index (χ4n) is 3.83. The molecule has 0 aliphatic heterocycles.